The van der Waals surface area contributed by atoms with E-state index in [-0.39, 0.29) is 17.5 Å². The number of amides is 1. The van der Waals surface area contributed by atoms with Gasteiger partial charge < -0.3 is 4.42 Å². The van der Waals surface area contributed by atoms with Gasteiger partial charge in [0.25, 0.3) is 5.91 Å². The molecule has 0 radical (unpaired) electrons. The molecule has 3 aromatic rings. The van der Waals surface area contributed by atoms with E-state index < -0.39 is 0 Å². The molecule has 7 heteroatoms. The third-order valence-corrected chi connectivity index (χ3v) is 4.24. The molecule has 1 aromatic carbocycles. The number of rotatable bonds is 3. The number of carbonyl (C=O) groups excluding carboxylic acids is 1. The molecule has 4 nitrogen and oxygen atoms in total. The van der Waals surface area contributed by atoms with E-state index in [1.807, 2.05) is 6.92 Å². The average Bonchev–Trinajstić information content (AvgIpc) is 3.06. The number of hydrogen-bond acceptors (Lipinski definition) is 4. The van der Waals surface area contributed by atoms with Gasteiger partial charge in [0.05, 0.1) is 5.69 Å². The molecule has 0 bridgehead atoms. The summed E-state index contributed by atoms with van der Waals surface area (Å²) in [5.74, 6) is -0.471. The number of furan rings is 1. The Kier molecular flexibility index (Phi) is 4.08. The molecule has 0 saturated carbocycles. The van der Waals surface area contributed by atoms with Crippen molar-refractivity contribution in [2.45, 2.75) is 6.92 Å². The van der Waals surface area contributed by atoms with Gasteiger partial charge >= 0.3 is 0 Å². The van der Waals surface area contributed by atoms with Crippen LogP contribution >= 0.6 is 27.3 Å². The first-order chi connectivity index (χ1) is 10.5. The van der Waals surface area contributed by atoms with Crippen LogP contribution in [0.2, 0.25) is 0 Å². The predicted molar refractivity (Wildman–Crippen MR) is 86.6 cm³/mol. The summed E-state index contributed by atoms with van der Waals surface area (Å²) in [7, 11) is 0. The Balaban J connectivity index is 1.83. The van der Waals surface area contributed by atoms with Crippen LogP contribution in [0.1, 0.15) is 15.4 Å². The fourth-order valence-electron chi connectivity index (χ4n) is 1.92. The Morgan fingerprint density at radius 3 is 2.64 bits per heavy atom. The van der Waals surface area contributed by atoms with Crippen molar-refractivity contribution in [3.8, 4) is 11.3 Å². The fourth-order valence-corrected chi connectivity index (χ4v) is 3.06. The molecule has 0 fully saturated rings. The monoisotopic (exact) mass is 380 g/mol. The molecule has 3 rings (SSSR count). The molecule has 0 aliphatic rings. The summed E-state index contributed by atoms with van der Waals surface area (Å²) in [6, 6.07) is 9.30. The van der Waals surface area contributed by atoms with E-state index in [0.29, 0.717) is 9.80 Å². The second-order valence-corrected chi connectivity index (χ2v) is 6.47. The topological polar surface area (TPSA) is 55.1 Å². The Morgan fingerprint density at radius 2 is 2.00 bits per heavy atom. The first-order valence-electron chi connectivity index (χ1n) is 6.33. The van der Waals surface area contributed by atoms with Crippen molar-refractivity contribution >= 4 is 38.3 Å². The highest BCUT2D eigenvalue weighted by atomic mass is 79.9. The number of anilines is 1. The van der Waals surface area contributed by atoms with Crippen LogP contribution in [0.5, 0.6) is 0 Å². The number of aromatic nitrogens is 1. The number of benzene rings is 1. The van der Waals surface area contributed by atoms with E-state index in [1.54, 1.807) is 24.3 Å². The van der Waals surface area contributed by atoms with Crippen molar-refractivity contribution in [3.63, 3.8) is 0 Å². The fraction of sp³-hybridized carbons (Fsp3) is 0.0667. The van der Waals surface area contributed by atoms with E-state index in [2.05, 4.69) is 26.2 Å². The molecule has 0 aliphatic heterocycles. The predicted octanol–water partition coefficient (Wildman–Crippen LogP) is 4.87. The van der Waals surface area contributed by atoms with Crippen LogP contribution in [0.3, 0.4) is 0 Å². The number of aryl methyl sites for hydroxylation is 1. The molecule has 0 atom stereocenters. The second kappa shape index (κ2) is 6.02. The van der Waals surface area contributed by atoms with Crippen LogP contribution < -0.4 is 5.32 Å². The van der Waals surface area contributed by atoms with Crippen molar-refractivity contribution < 1.29 is 13.6 Å². The quantitative estimate of drug-likeness (QED) is 0.705. The number of thiazole rings is 1. The van der Waals surface area contributed by atoms with E-state index in [1.165, 1.54) is 23.5 Å². The summed E-state index contributed by atoms with van der Waals surface area (Å²) in [6.45, 7) is 1.90. The molecule has 0 unspecified atom stereocenters. The Labute approximate surface area is 138 Å². The van der Waals surface area contributed by atoms with Crippen LogP contribution in [0, 0.1) is 12.7 Å². The van der Waals surface area contributed by atoms with Crippen LogP contribution in [0.15, 0.2) is 45.5 Å². The lowest BCUT2D eigenvalue weighted by atomic mass is 10.1. The molecule has 0 spiro atoms. The number of carbonyl (C=O) groups is 1. The van der Waals surface area contributed by atoms with Crippen molar-refractivity contribution in [1.29, 1.82) is 0 Å². The molecule has 22 heavy (non-hydrogen) atoms. The van der Waals surface area contributed by atoms with Gasteiger partial charge in [-0.1, -0.05) is 0 Å². The summed E-state index contributed by atoms with van der Waals surface area (Å²) in [6.07, 6.45) is 0. The highest BCUT2D eigenvalue weighted by molar-refractivity contribution is 9.10. The number of nitrogens with one attached hydrogen (secondary N) is 1. The maximum Gasteiger partial charge on any atom is 0.293 e. The van der Waals surface area contributed by atoms with Crippen LogP contribution in [0.4, 0.5) is 9.52 Å². The average molecular weight is 381 g/mol. The standard InChI is InChI=1S/C15H10BrFN2O2S/c1-8-13(9-2-4-10(17)5-3-9)18-15(22-8)19-14(20)11-6-7-12(16)21-11/h2-7H,1H3,(H,18,19,20). The van der Waals surface area contributed by atoms with Gasteiger partial charge in [-0.15, -0.1) is 11.3 Å². The molecule has 112 valence electrons. The first kappa shape index (κ1) is 14.9. The van der Waals surface area contributed by atoms with Gasteiger partial charge in [0.1, 0.15) is 5.82 Å². The van der Waals surface area contributed by atoms with Crippen LogP contribution in [-0.2, 0) is 0 Å². The summed E-state index contributed by atoms with van der Waals surface area (Å²) in [5, 5.41) is 3.16. The molecule has 1 amide bonds. The number of nitrogens with zero attached hydrogens (tertiary/aromatic N) is 1. The van der Waals surface area contributed by atoms with E-state index in [9.17, 15) is 9.18 Å². The number of hydrogen-bond donors (Lipinski definition) is 1. The Hall–Kier alpha value is -1.99. The van der Waals surface area contributed by atoms with Gasteiger partial charge in [-0.25, -0.2) is 9.37 Å². The van der Waals surface area contributed by atoms with Crippen molar-refractivity contribution in [3.05, 3.63) is 57.5 Å². The number of halogens is 2. The third kappa shape index (κ3) is 3.10. The van der Waals surface area contributed by atoms with Gasteiger partial charge in [-0.2, -0.15) is 0 Å². The zero-order chi connectivity index (χ0) is 15.7. The second-order valence-electron chi connectivity index (χ2n) is 4.49. The van der Waals surface area contributed by atoms with E-state index in [0.717, 1.165) is 16.1 Å². The maximum atomic E-state index is 13.0. The van der Waals surface area contributed by atoms with Crippen LogP contribution in [0.25, 0.3) is 11.3 Å². The molecule has 0 aliphatic carbocycles. The van der Waals surface area contributed by atoms with Gasteiger partial charge in [0, 0.05) is 10.4 Å². The summed E-state index contributed by atoms with van der Waals surface area (Å²) in [5.41, 5.74) is 1.53. The minimum atomic E-state index is -0.370. The SMILES string of the molecule is Cc1sc(NC(=O)c2ccc(Br)o2)nc1-c1ccc(F)cc1. The molecule has 1 N–H and O–H groups in total. The van der Waals surface area contributed by atoms with E-state index in [4.69, 9.17) is 4.42 Å². The smallest absolute Gasteiger partial charge is 0.293 e. The summed E-state index contributed by atoms with van der Waals surface area (Å²) < 4.78 is 18.7. The minimum absolute atomic E-state index is 0.197. The van der Waals surface area contributed by atoms with E-state index >= 15 is 0 Å². The first-order valence-corrected chi connectivity index (χ1v) is 7.94. The van der Waals surface area contributed by atoms with Gasteiger partial charge in [-0.3, -0.25) is 10.1 Å². The van der Waals surface area contributed by atoms with Crippen molar-refractivity contribution in [2.75, 3.05) is 5.32 Å². The van der Waals surface area contributed by atoms with Gasteiger partial charge in [-0.05, 0) is 59.3 Å². The minimum Gasteiger partial charge on any atom is -0.444 e. The van der Waals surface area contributed by atoms with Gasteiger partial charge in [0.15, 0.2) is 15.6 Å². The highest BCUT2D eigenvalue weighted by Gasteiger charge is 2.15. The largest absolute Gasteiger partial charge is 0.444 e. The molecule has 0 saturated heterocycles. The Morgan fingerprint density at radius 1 is 1.27 bits per heavy atom. The lowest BCUT2D eigenvalue weighted by molar-refractivity contribution is 0.0995. The molecule has 2 aromatic heterocycles. The van der Waals surface area contributed by atoms with Gasteiger partial charge in [0.2, 0.25) is 0 Å². The zero-order valence-corrected chi connectivity index (χ0v) is 13.8. The van der Waals surface area contributed by atoms with Crippen molar-refractivity contribution in [1.82, 2.24) is 4.98 Å². The zero-order valence-electron chi connectivity index (χ0n) is 11.4. The summed E-state index contributed by atoms with van der Waals surface area (Å²) >= 11 is 4.50. The normalized spacial score (nSPS) is 10.7. The van der Waals surface area contributed by atoms with Crippen molar-refractivity contribution in [2.24, 2.45) is 0 Å². The third-order valence-electron chi connectivity index (χ3n) is 2.93. The Bertz CT molecular complexity index is 826. The molecular formula is C15H10BrFN2O2S. The lowest BCUT2D eigenvalue weighted by Crippen LogP contribution is -2.10. The summed E-state index contributed by atoms with van der Waals surface area (Å²) in [4.78, 5) is 17.3. The maximum absolute atomic E-state index is 13.0. The van der Waals surface area contributed by atoms with Crippen LogP contribution in [-0.4, -0.2) is 10.9 Å². The lowest BCUT2D eigenvalue weighted by Gasteiger charge is -1.98. The molecule has 2 heterocycles. The highest BCUT2D eigenvalue weighted by Crippen LogP contribution is 2.30. The molecular weight excluding hydrogens is 371 g/mol.